The van der Waals surface area contributed by atoms with Gasteiger partial charge in [0.05, 0.1) is 13.2 Å². The molecule has 0 unspecified atom stereocenters. The van der Waals surface area contributed by atoms with E-state index in [-0.39, 0.29) is 5.91 Å². The zero-order chi connectivity index (χ0) is 18.9. The van der Waals surface area contributed by atoms with Crippen LogP contribution in [0.4, 0.5) is 11.5 Å². The number of amides is 1. The zero-order valence-electron chi connectivity index (χ0n) is 15.1. The van der Waals surface area contributed by atoms with Gasteiger partial charge in [-0.25, -0.2) is 9.97 Å². The van der Waals surface area contributed by atoms with E-state index in [9.17, 15) is 4.79 Å². The number of rotatable bonds is 3. The van der Waals surface area contributed by atoms with Crippen LogP contribution < -0.4 is 5.32 Å². The van der Waals surface area contributed by atoms with Crippen molar-refractivity contribution in [3.8, 4) is 0 Å². The normalized spacial score (nSPS) is 18.7. The highest BCUT2D eigenvalue weighted by atomic mass is 35.5. The molecule has 0 saturated carbocycles. The number of piperidine rings is 1. The molecule has 2 aliphatic heterocycles. The summed E-state index contributed by atoms with van der Waals surface area (Å²) < 4.78 is 11.4. The third kappa shape index (κ3) is 3.90. The number of aryl methyl sites for hydroxylation is 1. The van der Waals surface area contributed by atoms with Crippen molar-refractivity contribution < 1.29 is 14.3 Å². The molecule has 2 aromatic rings. The molecule has 1 spiro atoms. The summed E-state index contributed by atoms with van der Waals surface area (Å²) in [6, 6.07) is 7.32. The van der Waals surface area contributed by atoms with Crippen molar-refractivity contribution in [2.45, 2.75) is 25.6 Å². The Kier molecular flexibility index (Phi) is 4.99. The summed E-state index contributed by atoms with van der Waals surface area (Å²) in [6.45, 7) is 4.35. The van der Waals surface area contributed by atoms with Crippen LogP contribution in [0.2, 0.25) is 5.02 Å². The number of hydrogen-bond donors (Lipinski definition) is 1. The topological polar surface area (TPSA) is 76.6 Å². The second kappa shape index (κ2) is 7.42. The Morgan fingerprint density at radius 3 is 2.63 bits per heavy atom. The SMILES string of the molecule is Cc1ccc(Nc2cc(C(=O)N3CCC4(CC3)OCCO4)ncn2)cc1Cl. The predicted molar refractivity (Wildman–Crippen MR) is 101 cm³/mol. The molecule has 1 aromatic carbocycles. The first-order chi connectivity index (χ1) is 13.0. The number of nitrogens with zero attached hydrogens (tertiary/aromatic N) is 3. The Morgan fingerprint density at radius 1 is 1.19 bits per heavy atom. The van der Waals surface area contributed by atoms with Crippen molar-refractivity contribution >= 4 is 29.0 Å². The average molecular weight is 389 g/mol. The molecule has 3 heterocycles. The third-order valence-electron chi connectivity index (χ3n) is 4.96. The minimum atomic E-state index is -0.500. The molecular weight excluding hydrogens is 368 g/mol. The van der Waals surface area contributed by atoms with Gasteiger partial charge in [-0.1, -0.05) is 17.7 Å². The number of carbonyl (C=O) groups excluding carboxylic acids is 1. The lowest BCUT2D eigenvalue weighted by Gasteiger charge is -2.37. The molecule has 0 atom stereocenters. The molecule has 1 aromatic heterocycles. The Bertz CT molecular complexity index is 845. The van der Waals surface area contributed by atoms with E-state index in [2.05, 4.69) is 15.3 Å². The van der Waals surface area contributed by atoms with E-state index in [0.29, 0.717) is 55.7 Å². The number of halogens is 1. The number of benzene rings is 1. The van der Waals surface area contributed by atoms with Crippen LogP contribution in [0.25, 0.3) is 0 Å². The molecule has 2 saturated heterocycles. The number of nitrogens with one attached hydrogen (secondary N) is 1. The fraction of sp³-hybridized carbons (Fsp3) is 0.421. The van der Waals surface area contributed by atoms with Crippen molar-refractivity contribution in [1.29, 1.82) is 0 Å². The molecule has 27 heavy (non-hydrogen) atoms. The highest BCUT2D eigenvalue weighted by molar-refractivity contribution is 6.31. The quantitative estimate of drug-likeness (QED) is 0.870. The van der Waals surface area contributed by atoms with Crippen molar-refractivity contribution in [1.82, 2.24) is 14.9 Å². The second-order valence-electron chi connectivity index (χ2n) is 6.78. The minimum Gasteiger partial charge on any atom is -0.347 e. The molecule has 8 heteroatoms. The summed E-state index contributed by atoms with van der Waals surface area (Å²) in [4.78, 5) is 22.9. The van der Waals surface area contributed by atoms with Crippen LogP contribution in [0.15, 0.2) is 30.6 Å². The molecule has 2 fully saturated rings. The second-order valence-corrected chi connectivity index (χ2v) is 7.18. The summed E-state index contributed by atoms with van der Waals surface area (Å²) >= 11 is 6.16. The Balaban J connectivity index is 1.44. The summed E-state index contributed by atoms with van der Waals surface area (Å²) in [7, 11) is 0. The molecule has 1 amide bonds. The van der Waals surface area contributed by atoms with Crippen LogP contribution in [-0.2, 0) is 9.47 Å². The van der Waals surface area contributed by atoms with Gasteiger partial charge in [0.25, 0.3) is 5.91 Å². The summed E-state index contributed by atoms with van der Waals surface area (Å²) in [5.74, 6) is -0.0701. The fourth-order valence-corrected chi connectivity index (χ4v) is 3.54. The van der Waals surface area contributed by atoms with Gasteiger partial charge in [-0.2, -0.15) is 0 Å². The maximum Gasteiger partial charge on any atom is 0.272 e. The molecular formula is C19H21ClN4O3. The smallest absolute Gasteiger partial charge is 0.272 e. The first-order valence-corrected chi connectivity index (χ1v) is 9.35. The van der Waals surface area contributed by atoms with Crippen LogP contribution in [-0.4, -0.2) is 52.9 Å². The van der Waals surface area contributed by atoms with E-state index in [1.807, 2.05) is 25.1 Å². The molecule has 7 nitrogen and oxygen atoms in total. The van der Waals surface area contributed by atoms with Crippen LogP contribution in [0.1, 0.15) is 28.9 Å². The first-order valence-electron chi connectivity index (χ1n) is 8.97. The number of aromatic nitrogens is 2. The van der Waals surface area contributed by atoms with E-state index in [0.717, 1.165) is 11.3 Å². The lowest BCUT2D eigenvalue weighted by Crippen LogP contribution is -2.47. The molecule has 4 rings (SSSR count). The number of hydrogen-bond acceptors (Lipinski definition) is 6. The summed E-state index contributed by atoms with van der Waals surface area (Å²) in [6.07, 6.45) is 2.74. The van der Waals surface area contributed by atoms with Gasteiger partial charge in [-0.15, -0.1) is 0 Å². The van der Waals surface area contributed by atoms with Gasteiger partial charge in [-0.05, 0) is 24.6 Å². The number of anilines is 2. The van der Waals surface area contributed by atoms with E-state index in [1.165, 1.54) is 6.33 Å². The molecule has 0 aliphatic carbocycles. The molecule has 0 bridgehead atoms. The summed E-state index contributed by atoms with van der Waals surface area (Å²) in [5.41, 5.74) is 2.16. The van der Waals surface area contributed by atoms with Gasteiger partial charge in [0.1, 0.15) is 17.8 Å². The molecule has 142 valence electrons. The van der Waals surface area contributed by atoms with E-state index in [4.69, 9.17) is 21.1 Å². The van der Waals surface area contributed by atoms with Crippen molar-refractivity contribution in [3.05, 3.63) is 46.9 Å². The van der Waals surface area contributed by atoms with E-state index < -0.39 is 5.79 Å². The largest absolute Gasteiger partial charge is 0.347 e. The lowest BCUT2D eigenvalue weighted by molar-refractivity contribution is -0.181. The van der Waals surface area contributed by atoms with Gasteiger partial charge < -0.3 is 19.7 Å². The predicted octanol–water partition coefficient (Wildman–Crippen LogP) is 3.16. The maximum absolute atomic E-state index is 12.8. The number of likely N-dealkylation sites (tertiary alicyclic amines) is 1. The van der Waals surface area contributed by atoms with Gasteiger partial charge in [0.2, 0.25) is 0 Å². The Morgan fingerprint density at radius 2 is 1.93 bits per heavy atom. The van der Waals surface area contributed by atoms with Crippen molar-refractivity contribution in [2.75, 3.05) is 31.6 Å². The number of carbonyl (C=O) groups is 1. The highest BCUT2D eigenvalue weighted by Gasteiger charge is 2.41. The molecule has 1 N–H and O–H groups in total. The van der Waals surface area contributed by atoms with E-state index >= 15 is 0 Å². The number of ether oxygens (including phenoxy) is 2. The minimum absolute atomic E-state index is 0.116. The van der Waals surface area contributed by atoms with Crippen molar-refractivity contribution in [3.63, 3.8) is 0 Å². The fourth-order valence-electron chi connectivity index (χ4n) is 3.36. The van der Waals surface area contributed by atoms with Gasteiger partial charge >= 0.3 is 0 Å². The highest BCUT2D eigenvalue weighted by Crippen LogP contribution is 2.31. The molecule has 2 aliphatic rings. The summed E-state index contributed by atoms with van der Waals surface area (Å²) in [5, 5.41) is 3.83. The van der Waals surface area contributed by atoms with Crippen LogP contribution >= 0.6 is 11.6 Å². The van der Waals surface area contributed by atoms with Crippen LogP contribution in [0.3, 0.4) is 0 Å². The van der Waals surface area contributed by atoms with Gasteiger partial charge in [0, 0.05) is 42.7 Å². The third-order valence-corrected chi connectivity index (χ3v) is 5.36. The van der Waals surface area contributed by atoms with Gasteiger partial charge in [-0.3, -0.25) is 4.79 Å². The maximum atomic E-state index is 12.8. The van der Waals surface area contributed by atoms with E-state index in [1.54, 1.807) is 11.0 Å². The lowest BCUT2D eigenvalue weighted by atomic mass is 10.0. The Labute approximate surface area is 162 Å². The molecule has 0 radical (unpaired) electrons. The Hall–Kier alpha value is -2.22. The monoisotopic (exact) mass is 388 g/mol. The van der Waals surface area contributed by atoms with Crippen molar-refractivity contribution in [2.24, 2.45) is 0 Å². The zero-order valence-corrected chi connectivity index (χ0v) is 15.8. The standard InChI is InChI=1S/C19H21ClN4O3/c1-13-2-3-14(10-15(13)20)23-17-11-16(21-12-22-17)18(25)24-6-4-19(5-7-24)26-8-9-27-19/h2-3,10-12H,4-9H2,1H3,(H,21,22,23). The average Bonchev–Trinajstić information content (AvgIpc) is 3.13. The van der Waals surface area contributed by atoms with Gasteiger partial charge in [0.15, 0.2) is 5.79 Å². The van der Waals surface area contributed by atoms with Crippen LogP contribution in [0, 0.1) is 6.92 Å². The first kappa shape index (κ1) is 18.2. The van der Waals surface area contributed by atoms with Crippen LogP contribution in [0.5, 0.6) is 0 Å².